The fourth-order valence-electron chi connectivity index (χ4n) is 2.93. The first-order chi connectivity index (χ1) is 7.14. The molecule has 15 heavy (non-hydrogen) atoms. The van der Waals surface area contributed by atoms with Gasteiger partial charge < -0.3 is 0 Å². The third-order valence-electron chi connectivity index (χ3n) is 4.25. The first-order valence-electron chi connectivity index (χ1n) is 6.03. The zero-order valence-corrected chi connectivity index (χ0v) is 9.70. The van der Waals surface area contributed by atoms with Crippen molar-refractivity contribution >= 4 is 5.78 Å². The van der Waals surface area contributed by atoms with Crippen LogP contribution < -0.4 is 0 Å². The summed E-state index contributed by atoms with van der Waals surface area (Å²) in [7, 11) is 0. The van der Waals surface area contributed by atoms with E-state index in [4.69, 9.17) is 0 Å². The van der Waals surface area contributed by atoms with Gasteiger partial charge in [-0.1, -0.05) is 44.6 Å². The largest absolute Gasteiger partial charge is 0.299 e. The second-order valence-electron chi connectivity index (χ2n) is 5.16. The molecule has 2 aliphatic carbocycles. The molecule has 0 aromatic heterocycles. The lowest BCUT2D eigenvalue weighted by Gasteiger charge is -2.41. The summed E-state index contributed by atoms with van der Waals surface area (Å²) in [5.74, 6) is 1.22. The molecule has 0 radical (unpaired) electrons. The van der Waals surface area contributed by atoms with E-state index in [1.54, 1.807) is 0 Å². The fourth-order valence-corrected chi connectivity index (χ4v) is 2.93. The van der Waals surface area contributed by atoms with Crippen molar-refractivity contribution in [1.82, 2.24) is 0 Å². The molecule has 3 atom stereocenters. The van der Waals surface area contributed by atoms with Crippen LogP contribution in [-0.2, 0) is 4.79 Å². The Labute approximate surface area is 92.3 Å². The zero-order valence-electron chi connectivity index (χ0n) is 9.70. The predicted octanol–water partition coefficient (Wildman–Crippen LogP) is 3.51. The van der Waals surface area contributed by atoms with Crippen molar-refractivity contribution in [3.63, 3.8) is 0 Å². The molecule has 2 aliphatic rings. The highest BCUT2D eigenvalue weighted by molar-refractivity contribution is 5.82. The molecule has 0 aromatic carbocycles. The standard InChI is InChI=1S/C14H20O/c1-11-7-5-6-10-14(11,2)12-8-3-4-9-13(12)15/h5-7,10-12H,3-4,8-9H2,1-2H3. The van der Waals surface area contributed by atoms with E-state index in [0.717, 1.165) is 19.3 Å². The molecular weight excluding hydrogens is 184 g/mol. The van der Waals surface area contributed by atoms with E-state index in [1.807, 2.05) is 0 Å². The summed E-state index contributed by atoms with van der Waals surface area (Å²) in [6.45, 7) is 4.47. The minimum absolute atomic E-state index is 0.0618. The summed E-state index contributed by atoms with van der Waals surface area (Å²) < 4.78 is 0. The zero-order chi connectivity index (χ0) is 10.9. The summed E-state index contributed by atoms with van der Waals surface area (Å²) in [5, 5.41) is 0. The van der Waals surface area contributed by atoms with Gasteiger partial charge in [-0.2, -0.15) is 0 Å². The average molecular weight is 204 g/mol. The molecule has 1 nitrogen and oxygen atoms in total. The highest BCUT2D eigenvalue weighted by Gasteiger charge is 2.41. The van der Waals surface area contributed by atoms with Gasteiger partial charge in [0.2, 0.25) is 0 Å². The molecule has 1 heteroatoms. The van der Waals surface area contributed by atoms with Crippen LogP contribution in [0.3, 0.4) is 0 Å². The van der Waals surface area contributed by atoms with E-state index in [2.05, 4.69) is 38.2 Å². The van der Waals surface area contributed by atoms with Gasteiger partial charge in [-0.25, -0.2) is 0 Å². The van der Waals surface area contributed by atoms with Gasteiger partial charge in [0.15, 0.2) is 0 Å². The summed E-state index contributed by atoms with van der Waals surface area (Å²) in [4.78, 5) is 12.0. The smallest absolute Gasteiger partial charge is 0.136 e. The number of Topliss-reactive ketones (excluding diaryl/α,β-unsaturated/α-hetero) is 1. The SMILES string of the molecule is CC1C=CC=CC1(C)C1CCCCC1=O. The van der Waals surface area contributed by atoms with Crippen molar-refractivity contribution in [2.45, 2.75) is 39.5 Å². The Kier molecular flexibility index (Phi) is 2.81. The Hall–Kier alpha value is -0.850. The van der Waals surface area contributed by atoms with Crippen molar-refractivity contribution in [2.75, 3.05) is 0 Å². The topological polar surface area (TPSA) is 17.1 Å². The third kappa shape index (κ3) is 1.80. The van der Waals surface area contributed by atoms with Gasteiger partial charge in [-0.15, -0.1) is 0 Å². The highest BCUT2D eigenvalue weighted by Crippen LogP contribution is 2.45. The number of carbonyl (C=O) groups is 1. The van der Waals surface area contributed by atoms with Crippen LogP contribution in [0.1, 0.15) is 39.5 Å². The maximum absolute atomic E-state index is 12.0. The van der Waals surface area contributed by atoms with Gasteiger partial charge in [0.05, 0.1) is 0 Å². The van der Waals surface area contributed by atoms with Crippen LogP contribution in [-0.4, -0.2) is 5.78 Å². The van der Waals surface area contributed by atoms with E-state index in [9.17, 15) is 4.79 Å². The molecule has 0 aromatic rings. The molecule has 0 N–H and O–H groups in total. The first-order valence-corrected chi connectivity index (χ1v) is 6.03. The van der Waals surface area contributed by atoms with E-state index in [-0.39, 0.29) is 11.3 Å². The fraction of sp³-hybridized carbons (Fsp3) is 0.643. The number of hydrogen-bond acceptors (Lipinski definition) is 1. The normalized spacial score (nSPS) is 40.8. The number of allylic oxidation sites excluding steroid dienone is 4. The summed E-state index contributed by atoms with van der Waals surface area (Å²) in [6, 6.07) is 0. The molecule has 0 heterocycles. The average Bonchev–Trinajstić information content (AvgIpc) is 2.23. The molecule has 82 valence electrons. The van der Waals surface area contributed by atoms with E-state index in [0.29, 0.717) is 11.7 Å². The highest BCUT2D eigenvalue weighted by atomic mass is 16.1. The van der Waals surface area contributed by atoms with Gasteiger partial charge in [-0.05, 0) is 18.8 Å². The van der Waals surface area contributed by atoms with Crippen LogP contribution in [0.5, 0.6) is 0 Å². The van der Waals surface area contributed by atoms with Crippen LogP contribution in [0.25, 0.3) is 0 Å². The van der Waals surface area contributed by atoms with E-state index < -0.39 is 0 Å². The van der Waals surface area contributed by atoms with Gasteiger partial charge >= 0.3 is 0 Å². The molecule has 0 spiro atoms. The van der Waals surface area contributed by atoms with Crippen molar-refractivity contribution in [3.8, 4) is 0 Å². The molecule has 2 rings (SSSR count). The van der Waals surface area contributed by atoms with Gasteiger partial charge in [-0.3, -0.25) is 4.79 Å². The Morgan fingerprint density at radius 3 is 2.80 bits per heavy atom. The molecule has 3 unspecified atom stereocenters. The molecule has 0 amide bonds. The molecule has 0 aliphatic heterocycles. The van der Waals surface area contributed by atoms with E-state index in [1.165, 1.54) is 6.42 Å². The lowest BCUT2D eigenvalue weighted by molar-refractivity contribution is -0.128. The molecule has 0 bridgehead atoms. The Bertz CT molecular complexity index is 313. The Balaban J connectivity index is 2.23. The molecule has 1 fully saturated rings. The molecular formula is C14H20O. The monoisotopic (exact) mass is 204 g/mol. The van der Waals surface area contributed by atoms with E-state index >= 15 is 0 Å². The number of carbonyl (C=O) groups excluding carboxylic acids is 1. The lowest BCUT2D eigenvalue weighted by atomic mass is 9.62. The second kappa shape index (κ2) is 3.96. The number of hydrogen-bond donors (Lipinski definition) is 0. The summed E-state index contributed by atoms with van der Waals surface area (Å²) in [6.07, 6.45) is 12.9. The van der Waals surface area contributed by atoms with Gasteiger partial charge in [0.1, 0.15) is 5.78 Å². The van der Waals surface area contributed by atoms with Gasteiger partial charge in [0, 0.05) is 17.8 Å². The number of ketones is 1. The minimum Gasteiger partial charge on any atom is -0.299 e. The van der Waals surface area contributed by atoms with Crippen molar-refractivity contribution in [3.05, 3.63) is 24.3 Å². The first kappa shape index (κ1) is 10.7. The number of rotatable bonds is 1. The van der Waals surface area contributed by atoms with Crippen molar-refractivity contribution < 1.29 is 4.79 Å². The van der Waals surface area contributed by atoms with Crippen molar-refractivity contribution in [1.29, 1.82) is 0 Å². The summed E-state index contributed by atoms with van der Waals surface area (Å²) >= 11 is 0. The van der Waals surface area contributed by atoms with Crippen LogP contribution in [0.15, 0.2) is 24.3 Å². The van der Waals surface area contributed by atoms with Crippen LogP contribution >= 0.6 is 0 Å². The quantitative estimate of drug-likeness (QED) is 0.638. The second-order valence-corrected chi connectivity index (χ2v) is 5.16. The minimum atomic E-state index is 0.0618. The van der Waals surface area contributed by atoms with Gasteiger partial charge in [0.25, 0.3) is 0 Å². The molecule has 0 saturated heterocycles. The van der Waals surface area contributed by atoms with Crippen LogP contribution in [0.2, 0.25) is 0 Å². The Morgan fingerprint density at radius 2 is 2.13 bits per heavy atom. The maximum Gasteiger partial charge on any atom is 0.136 e. The van der Waals surface area contributed by atoms with Crippen LogP contribution in [0, 0.1) is 17.3 Å². The Morgan fingerprint density at radius 1 is 1.33 bits per heavy atom. The third-order valence-corrected chi connectivity index (χ3v) is 4.25. The summed E-state index contributed by atoms with van der Waals surface area (Å²) in [5.41, 5.74) is 0.0618. The molecule has 1 saturated carbocycles. The van der Waals surface area contributed by atoms with Crippen LogP contribution in [0.4, 0.5) is 0 Å². The predicted molar refractivity (Wildman–Crippen MR) is 62.5 cm³/mol. The van der Waals surface area contributed by atoms with Crippen molar-refractivity contribution in [2.24, 2.45) is 17.3 Å². The lowest BCUT2D eigenvalue weighted by Crippen LogP contribution is -2.39. The maximum atomic E-state index is 12.0.